The van der Waals surface area contributed by atoms with E-state index in [2.05, 4.69) is 31.5 Å². The molecule has 2 heterocycles. The van der Waals surface area contributed by atoms with E-state index >= 15 is 0 Å². The van der Waals surface area contributed by atoms with Crippen molar-refractivity contribution >= 4 is 24.0 Å². The van der Waals surface area contributed by atoms with Crippen molar-refractivity contribution in [2.24, 2.45) is 21.7 Å². The second-order valence-electron chi connectivity index (χ2n) is 3.95. The van der Waals surface area contributed by atoms with Gasteiger partial charge in [0.1, 0.15) is 0 Å². The first-order valence-corrected chi connectivity index (χ1v) is 6.51. The average Bonchev–Trinajstić information content (AvgIpc) is 3.19. The molecule has 0 fully saturated rings. The Morgan fingerprint density at radius 1 is 1.14 bits per heavy atom. The van der Waals surface area contributed by atoms with Crippen LogP contribution in [0.15, 0.2) is 9.98 Å². The molecule has 2 atom stereocenters. The maximum atomic E-state index is 10.2. The third-order valence-corrected chi connectivity index (χ3v) is 2.34. The number of Topliss-reactive ketones (excluding diaryl/α,β-unsaturated/α-hetero) is 2. The molecule has 0 bridgehead atoms. The molecule has 21 heavy (non-hydrogen) atoms. The highest BCUT2D eigenvalue weighted by Crippen LogP contribution is 1.81. The molecule has 2 rings (SSSR count). The topological polar surface area (TPSA) is 159 Å². The van der Waals surface area contributed by atoms with Gasteiger partial charge < -0.3 is 0 Å². The molecule has 0 saturated heterocycles. The van der Waals surface area contributed by atoms with Crippen LogP contribution in [0.4, 0.5) is 0 Å². The zero-order chi connectivity index (χ0) is 16.1. The van der Waals surface area contributed by atoms with Crippen LogP contribution in [0.2, 0.25) is 0 Å². The van der Waals surface area contributed by atoms with Crippen LogP contribution in [0.1, 0.15) is 20.3 Å². The lowest BCUT2D eigenvalue weighted by atomic mass is 10.2. The van der Waals surface area contributed by atoms with E-state index in [1.165, 1.54) is 6.92 Å². The van der Waals surface area contributed by atoms with Crippen LogP contribution in [0.3, 0.4) is 0 Å². The summed E-state index contributed by atoms with van der Waals surface area (Å²) in [5.41, 5.74) is 4.91. The summed E-state index contributed by atoms with van der Waals surface area (Å²) in [5, 5.41) is 5.90. The quantitative estimate of drug-likeness (QED) is 0.187. The van der Waals surface area contributed by atoms with Crippen LogP contribution in [0.5, 0.6) is 0 Å². The van der Waals surface area contributed by atoms with Gasteiger partial charge in [-0.25, -0.2) is 10.9 Å². The second-order valence-corrected chi connectivity index (χ2v) is 3.95. The summed E-state index contributed by atoms with van der Waals surface area (Å²) in [6.45, 7) is 4.58. The Morgan fingerprint density at radius 2 is 1.57 bits per heavy atom. The summed E-state index contributed by atoms with van der Waals surface area (Å²) in [4.78, 5) is 28.0. The van der Waals surface area contributed by atoms with Gasteiger partial charge in [0.15, 0.2) is 24.1 Å². The lowest BCUT2D eigenvalue weighted by Gasteiger charge is -2.02. The predicted octanol–water partition coefficient (Wildman–Crippen LogP) is -2.63. The van der Waals surface area contributed by atoms with Gasteiger partial charge in [0.05, 0.1) is 0 Å². The highest BCUT2D eigenvalue weighted by molar-refractivity contribution is 6.36. The minimum atomic E-state index is -0.345. The number of hydrogen-bond donors (Lipinski definition) is 6. The summed E-state index contributed by atoms with van der Waals surface area (Å²) in [6.07, 6.45) is 3.78. The third-order valence-electron chi connectivity index (χ3n) is 2.34. The van der Waals surface area contributed by atoms with Gasteiger partial charge in [-0.3, -0.25) is 41.9 Å². The predicted molar refractivity (Wildman–Crippen MR) is 81.2 cm³/mol. The van der Waals surface area contributed by atoms with Gasteiger partial charge in [0.2, 0.25) is 0 Å². The maximum absolute atomic E-state index is 10.2. The van der Waals surface area contributed by atoms with E-state index in [4.69, 9.17) is 11.7 Å². The standard InChI is InChI=1S/C5H8O2.2C3H8N4/c1-3-5(7)4(2)6;2*4-7-3-5-1-2-6-3/h3H2,1-2H3;2*1,3,6-7H,2,4H2. The maximum Gasteiger partial charge on any atom is 0.197 e. The smallest absolute Gasteiger partial charge is 0.197 e. The second kappa shape index (κ2) is 12.2. The lowest BCUT2D eigenvalue weighted by molar-refractivity contribution is -0.135. The summed E-state index contributed by atoms with van der Waals surface area (Å²) in [5.74, 6) is 9.38. The Bertz CT molecular complexity index is 349. The van der Waals surface area contributed by atoms with Crippen LogP contribution in [0.25, 0.3) is 0 Å². The number of nitrogens with zero attached hydrogens (tertiary/aromatic N) is 2. The van der Waals surface area contributed by atoms with Crippen LogP contribution in [0, 0.1) is 0 Å². The normalized spacial score (nSPS) is 22.1. The molecule has 0 aromatic carbocycles. The minimum Gasteiger partial charge on any atom is -0.291 e. The van der Waals surface area contributed by atoms with E-state index in [0.717, 1.165) is 13.1 Å². The van der Waals surface area contributed by atoms with E-state index in [9.17, 15) is 9.59 Å². The largest absolute Gasteiger partial charge is 0.291 e. The number of hydrogen-bond acceptors (Lipinski definition) is 10. The lowest BCUT2D eigenvalue weighted by Crippen LogP contribution is -2.41. The van der Waals surface area contributed by atoms with Crippen molar-refractivity contribution in [1.82, 2.24) is 21.5 Å². The van der Waals surface area contributed by atoms with Crippen LogP contribution in [-0.2, 0) is 9.59 Å². The molecule has 10 heteroatoms. The Hall–Kier alpha value is -1.56. The average molecular weight is 300 g/mol. The summed E-state index contributed by atoms with van der Waals surface area (Å²) >= 11 is 0. The van der Waals surface area contributed by atoms with Crippen LogP contribution in [-0.4, -0.2) is 49.7 Å². The fourth-order valence-corrected chi connectivity index (χ4v) is 1.20. The molecule has 2 aliphatic heterocycles. The first kappa shape index (κ1) is 19.4. The van der Waals surface area contributed by atoms with E-state index in [1.807, 2.05) is 0 Å². The highest BCUT2D eigenvalue weighted by atomic mass is 16.2. The Labute approximate surface area is 123 Å². The van der Waals surface area contributed by atoms with Crippen LogP contribution >= 0.6 is 0 Å². The number of carbonyl (C=O) groups is 2. The van der Waals surface area contributed by atoms with Crippen molar-refractivity contribution in [3.8, 4) is 0 Å². The molecule has 0 amide bonds. The van der Waals surface area contributed by atoms with E-state index in [-0.39, 0.29) is 24.1 Å². The van der Waals surface area contributed by atoms with Gasteiger partial charge in [0, 0.05) is 38.9 Å². The van der Waals surface area contributed by atoms with Crippen molar-refractivity contribution in [1.29, 1.82) is 0 Å². The monoisotopic (exact) mass is 300 g/mol. The zero-order valence-electron chi connectivity index (χ0n) is 12.3. The molecular formula is C11H24N8O2. The summed E-state index contributed by atoms with van der Waals surface area (Å²) in [7, 11) is 0. The SMILES string of the molecule is CCC(=O)C(C)=O.NNC1N=CCN1.NNC1N=CCN1. The first-order chi connectivity index (χ1) is 10.0. The Morgan fingerprint density at radius 3 is 1.67 bits per heavy atom. The molecule has 2 unspecified atom stereocenters. The number of aliphatic imine (C=N–C) groups is 2. The Kier molecular flexibility index (Phi) is 11.3. The molecule has 2 aliphatic rings. The van der Waals surface area contributed by atoms with Gasteiger partial charge in [-0.15, -0.1) is 0 Å². The molecule has 0 aromatic heterocycles. The fourth-order valence-electron chi connectivity index (χ4n) is 1.20. The van der Waals surface area contributed by atoms with Crippen molar-refractivity contribution < 1.29 is 9.59 Å². The number of nitrogens with two attached hydrogens (primary N) is 2. The first-order valence-electron chi connectivity index (χ1n) is 6.51. The van der Waals surface area contributed by atoms with Gasteiger partial charge in [-0.2, -0.15) is 0 Å². The number of hydrazine groups is 2. The molecule has 10 nitrogen and oxygen atoms in total. The van der Waals surface area contributed by atoms with E-state index in [1.54, 1.807) is 19.4 Å². The number of carbonyl (C=O) groups excluding carboxylic acids is 2. The van der Waals surface area contributed by atoms with E-state index in [0.29, 0.717) is 6.42 Å². The van der Waals surface area contributed by atoms with Crippen molar-refractivity contribution in [2.45, 2.75) is 32.8 Å². The third kappa shape index (κ3) is 9.90. The van der Waals surface area contributed by atoms with Gasteiger partial charge >= 0.3 is 0 Å². The molecule has 0 saturated carbocycles. The Balaban J connectivity index is 0.000000286. The molecule has 0 aromatic rings. The molecule has 0 spiro atoms. The van der Waals surface area contributed by atoms with Gasteiger partial charge in [-0.1, -0.05) is 6.92 Å². The molecule has 0 radical (unpaired) electrons. The van der Waals surface area contributed by atoms with Gasteiger partial charge in [0.25, 0.3) is 0 Å². The summed E-state index contributed by atoms with van der Waals surface area (Å²) < 4.78 is 0. The van der Waals surface area contributed by atoms with E-state index < -0.39 is 0 Å². The number of rotatable bonds is 4. The van der Waals surface area contributed by atoms with Crippen molar-refractivity contribution in [3.05, 3.63) is 0 Å². The fraction of sp³-hybridized carbons (Fsp3) is 0.636. The molecule has 0 aliphatic carbocycles. The minimum absolute atomic E-state index is 0.0556. The van der Waals surface area contributed by atoms with Crippen LogP contribution < -0.4 is 33.2 Å². The number of ketones is 2. The van der Waals surface area contributed by atoms with Gasteiger partial charge in [-0.05, 0) is 0 Å². The zero-order valence-corrected chi connectivity index (χ0v) is 12.3. The van der Waals surface area contributed by atoms with Crippen molar-refractivity contribution in [3.63, 3.8) is 0 Å². The molecule has 8 N–H and O–H groups in total. The molecular weight excluding hydrogens is 276 g/mol. The highest BCUT2D eigenvalue weighted by Gasteiger charge is 2.03. The molecule has 120 valence electrons. The van der Waals surface area contributed by atoms with Crippen molar-refractivity contribution in [2.75, 3.05) is 13.1 Å². The number of nitrogens with one attached hydrogen (secondary N) is 4. The summed E-state index contributed by atoms with van der Waals surface area (Å²) in [6, 6.07) is 0.